The lowest BCUT2D eigenvalue weighted by atomic mass is 10.2. The minimum absolute atomic E-state index is 0.101. The average molecular weight is 266 g/mol. The second-order valence-corrected chi connectivity index (χ2v) is 4.46. The maximum atomic E-state index is 13.0. The van der Waals surface area contributed by atoms with Crippen molar-refractivity contribution in [2.45, 2.75) is 13.5 Å². The number of hydrogen-bond acceptors (Lipinski definition) is 2. The van der Waals surface area contributed by atoms with E-state index < -0.39 is 5.82 Å². The smallest absolute Gasteiger partial charge is 0.141 e. The third-order valence-electron chi connectivity index (χ3n) is 2.63. The third kappa shape index (κ3) is 2.93. The second-order valence-electron chi connectivity index (χ2n) is 4.06. The van der Waals surface area contributed by atoms with Crippen LogP contribution in [0.4, 0.5) is 10.1 Å². The standard InChI is InChI=1S/C14H13ClFNO/c1-9-6-11(3-5-14(9)17)18-8-10-2-4-13(16)12(15)7-10/h2-7H,8,17H2,1H3. The number of rotatable bonds is 3. The van der Waals surface area contributed by atoms with Crippen molar-refractivity contribution in [1.29, 1.82) is 0 Å². The molecule has 0 aromatic heterocycles. The van der Waals surface area contributed by atoms with Gasteiger partial charge in [-0.3, -0.25) is 0 Å². The Labute approximate surface area is 110 Å². The fourth-order valence-corrected chi connectivity index (χ4v) is 1.74. The lowest BCUT2D eigenvalue weighted by Gasteiger charge is -2.08. The van der Waals surface area contributed by atoms with Crippen molar-refractivity contribution in [3.05, 3.63) is 58.4 Å². The molecule has 2 aromatic rings. The summed E-state index contributed by atoms with van der Waals surface area (Å²) >= 11 is 5.69. The van der Waals surface area contributed by atoms with E-state index in [1.165, 1.54) is 6.07 Å². The molecule has 18 heavy (non-hydrogen) atoms. The van der Waals surface area contributed by atoms with Crippen LogP contribution in [0.15, 0.2) is 36.4 Å². The van der Waals surface area contributed by atoms with Crippen molar-refractivity contribution in [2.24, 2.45) is 0 Å². The molecule has 0 aliphatic rings. The van der Waals surface area contributed by atoms with E-state index in [4.69, 9.17) is 22.1 Å². The van der Waals surface area contributed by atoms with Gasteiger partial charge in [0.25, 0.3) is 0 Å². The Hall–Kier alpha value is -1.74. The molecule has 2 nitrogen and oxygen atoms in total. The molecular weight excluding hydrogens is 253 g/mol. The molecular formula is C14H13ClFNO. The average Bonchev–Trinajstić information content (AvgIpc) is 2.35. The molecule has 94 valence electrons. The summed E-state index contributed by atoms with van der Waals surface area (Å²) in [6.45, 7) is 2.25. The summed E-state index contributed by atoms with van der Waals surface area (Å²) in [5, 5.41) is 0.101. The van der Waals surface area contributed by atoms with Gasteiger partial charge in [0, 0.05) is 5.69 Å². The number of nitrogens with two attached hydrogens (primary N) is 1. The fraction of sp³-hybridized carbons (Fsp3) is 0.143. The SMILES string of the molecule is Cc1cc(OCc2ccc(F)c(Cl)c2)ccc1N. The summed E-state index contributed by atoms with van der Waals surface area (Å²) in [5.74, 6) is 0.297. The van der Waals surface area contributed by atoms with Crippen LogP contribution < -0.4 is 10.5 Å². The topological polar surface area (TPSA) is 35.2 Å². The van der Waals surface area contributed by atoms with E-state index in [9.17, 15) is 4.39 Å². The molecule has 0 spiro atoms. The summed E-state index contributed by atoms with van der Waals surface area (Å²) in [6, 6.07) is 9.98. The van der Waals surface area contributed by atoms with Crippen LogP contribution in [0.25, 0.3) is 0 Å². The monoisotopic (exact) mass is 265 g/mol. The minimum Gasteiger partial charge on any atom is -0.489 e. The summed E-state index contributed by atoms with van der Waals surface area (Å²) in [6.07, 6.45) is 0. The van der Waals surface area contributed by atoms with Crippen LogP contribution in [0, 0.1) is 12.7 Å². The zero-order valence-corrected chi connectivity index (χ0v) is 10.7. The van der Waals surface area contributed by atoms with Crippen molar-refractivity contribution in [1.82, 2.24) is 0 Å². The van der Waals surface area contributed by atoms with E-state index in [2.05, 4.69) is 0 Å². The number of ether oxygens (including phenoxy) is 1. The van der Waals surface area contributed by atoms with Crippen LogP contribution in [0.2, 0.25) is 5.02 Å². The highest BCUT2D eigenvalue weighted by Gasteiger charge is 2.02. The van der Waals surface area contributed by atoms with E-state index >= 15 is 0 Å². The first kappa shape index (κ1) is 12.7. The van der Waals surface area contributed by atoms with E-state index in [1.807, 2.05) is 13.0 Å². The van der Waals surface area contributed by atoms with Gasteiger partial charge in [0.05, 0.1) is 5.02 Å². The van der Waals surface area contributed by atoms with Crippen LogP contribution in [-0.4, -0.2) is 0 Å². The van der Waals surface area contributed by atoms with Crippen molar-refractivity contribution in [3.8, 4) is 5.75 Å². The highest BCUT2D eigenvalue weighted by atomic mass is 35.5. The first-order valence-corrected chi connectivity index (χ1v) is 5.87. The van der Waals surface area contributed by atoms with Gasteiger partial charge in [-0.1, -0.05) is 17.7 Å². The van der Waals surface area contributed by atoms with Gasteiger partial charge < -0.3 is 10.5 Å². The molecule has 0 bridgehead atoms. The van der Waals surface area contributed by atoms with Gasteiger partial charge in [0.15, 0.2) is 0 Å². The summed E-state index contributed by atoms with van der Waals surface area (Å²) in [5.41, 5.74) is 8.22. The van der Waals surface area contributed by atoms with Gasteiger partial charge >= 0.3 is 0 Å². The van der Waals surface area contributed by atoms with Crippen LogP contribution in [0.1, 0.15) is 11.1 Å². The lowest BCUT2D eigenvalue weighted by Crippen LogP contribution is -1.97. The maximum Gasteiger partial charge on any atom is 0.141 e. The molecule has 2 rings (SSSR count). The number of anilines is 1. The number of halogens is 2. The molecule has 0 heterocycles. The molecule has 0 aliphatic carbocycles. The Morgan fingerprint density at radius 2 is 2.00 bits per heavy atom. The van der Waals surface area contributed by atoms with Crippen molar-refractivity contribution in [2.75, 3.05) is 5.73 Å². The zero-order chi connectivity index (χ0) is 13.1. The summed E-state index contributed by atoms with van der Waals surface area (Å²) in [4.78, 5) is 0. The molecule has 0 saturated carbocycles. The molecule has 2 N–H and O–H groups in total. The zero-order valence-electron chi connectivity index (χ0n) is 9.91. The number of hydrogen-bond donors (Lipinski definition) is 1. The summed E-state index contributed by atoms with van der Waals surface area (Å²) < 4.78 is 18.6. The molecule has 0 amide bonds. The lowest BCUT2D eigenvalue weighted by molar-refractivity contribution is 0.306. The van der Waals surface area contributed by atoms with Gasteiger partial charge in [-0.2, -0.15) is 0 Å². The van der Waals surface area contributed by atoms with Crippen LogP contribution in [0.5, 0.6) is 5.75 Å². The van der Waals surface area contributed by atoms with Gasteiger partial charge in [0.1, 0.15) is 18.2 Å². The Morgan fingerprint density at radius 1 is 1.22 bits per heavy atom. The highest BCUT2D eigenvalue weighted by Crippen LogP contribution is 2.21. The van der Waals surface area contributed by atoms with Gasteiger partial charge in [-0.15, -0.1) is 0 Å². The van der Waals surface area contributed by atoms with Gasteiger partial charge in [-0.05, 0) is 48.4 Å². The number of aryl methyl sites for hydroxylation is 1. The Morgan fingerprint density at radius 3 is 2.67 bits per heavy atom. The second kappa shape index (κ2) is 5.27. The quantitative estimate of drug-likeness (QED) is 0.853. The van der Waals surface area contributed by atoms with Gasteiger partial charge in [-0.25, -0.2) is 4.39 Å². The predicted octanol–water partition coefficient (Wildman–Crippen LogP) is 3.95. The van der Waals surface area contributed by atoms with Gasteiger partial charge in [0.2, 0.25) is 0 Å². The largest absolute Gasteiger partial charge is 0.489 e. The molecule has 2 aromatic carbocycles. The van der Waals surface area contributed by atoms with Crippen molar-refractivity contribution >= 4 is 17.3 Å². The van der Waals surface area contributed by atoms with E-state index in [1.54, 1.807) is 24.3 Å². The molecule has 0 radical (unpaired) electrons. The number of benzene rings is 2. The first-order valence-electron chi connectivity index (χ1n) is 5.49. The molecule has 4 heteroatoms. The van der Waals surface area contributed by atoms with E-state index in [-0.39, 0.29) is 5.02 Å². The van der Waals surface area contributed by atoms with E-state index in [0.717, 1.165) is 22.6 Å². The molecule has 0 unspecified atom stereocenters. The Bertz CT molecular complexity index is 520. The highest BCUT2D eigenvalue weighted by molar-refractivity contribution is 6.30. The van der Waals surface area contributed by atoms with E-state index in [0.29, 0.717) is 6.61 Å². The molecule has 0 fully saturated rings. The molecule has 0 aliphatic heterocycles. The summed E-state index contributed by atoms with van der Waals surface area (Å²) in [7, 11) is 0. The molecule has 0 atom stereocenters. The Balaban J connectivity index is 2.06. The molecule has 0 saturated heterocycles. The minimum atomic E-state index is -0.427. The normalized spacial score (nSPS) is 10.4. The van der Waals surface area contributed by atoms with Crippen LogP contribution in [-0.2, 0) is 6.61 Å². The maximum absolute atomic E-state index is 13.0. The predicted molar refractivity (Wildman–Crippen MR) is 71.3 cm³/mol. The Kier molecular flexibility index (Phi) is 3.72. The van der Waals surface area contributed by atoms with Crippen molar-refractivity contribution < 1.29 is 9.13 Å². The van der Waals surface area contributed by atoms with Crippen molar-refractivity contribution in [3.63, 3.8) is 0 Å². The van der Waals surface area contributed by atoms with Crippen LogP contribution >= 0.6 is 11.6 Å². The fourth-order valence-electron chi connectivity index (χ4n) is 1.53. The first-order chi connectivity index (χ1) is 8.56. The third-order valence-corrected chi connectivity index (χ3v) is 2.92. The van der Waals surface area contributed by atoms with Crippen LogP contribution in [0.3, 0.4) is 0 Å². The number of nitrogen functional groups attached to an aromatic ring is 1.